The number of carbonyl (C=O) groups excluding carboxylic acids is 1. The largest absolute Gasteiger partial charge is 0.394 e. The molecule has 3 fully saturated rings. The molecule has 12 N–H and O–H groups in total. The van der Waals surface area contributed by atoms with Crippen LogP contribution in [0.15, 0.2) is 12.2 Å². The molecule has 17 atom stereocenters. The number of hydrogen-bond donors (Lipinski definition) is 12. The first-order valence-electron chi connectivity index (χ1n) is 27.9. The summed E-state index contributed by atoms with van der Waals surface area (Å²) in [6, 6.07) is -0.965. The van der Waals surface area contributed by atoms with E-state index in [1.165, 1.54) is 116 Å². The summed E-state index contributed by atoms with van der Waals surface area (Å²) >= 11 is 0. The highest BCUT2D eigenvalue weighted by Crippen LogP contribution is 2.33. The Morgan fingerprint density at radius 3 is 1.31 bits per heavy atom. The lowest BCUT2D eigenvalue weighted by Gasteiger charge is -2.48. The van der Waals surface area contributed by atoms with Gasteiger partial charge in [-0.2, -0.15) is 0 Å². The van der Waals surface area contributed by atoms with E-state index >= 15 is 0 Å². The predicted molar refractivity (Wildman–Crippen MR) is 268 cm³/mol. The lowest BCUT2D eigenvalue weighted by Crippen LogP contribution is -2.66. The normalized spacial score (nSPS) is 32.0. The molecule has 17 unspecified atom stereocenters. The highest BCUT2D eigenvalue weighted by Gasteiger charge is 2.53. The fourth-order valence-corrected chi connectivity index (χ4v) is 9.66. The maximum Gasteiger partial charge on any atom is 0.220 e. The smallest absolute Gasteiger partial charge is 0.220 e. The number of carbonyl (C=O) groups is 1. The van der Waals surface area contributed by atoms with Gasteiger partial charge in [-0.05, 0) is 19.3 Å². The molecule has 19 nitrogen and oxygen atoms in total. The first-order valence-corrected chi connectivity index (χ1v) is 27.9. The minimum Gasteiger partial charge on any atom is -0.394 e. The molecule has 3 rings (SSSR count). The summed E-state index contributed by atoms with van der Waals surface area (Å²) in [5.74, 6) is -0.276. The standard InChI is InChI=1S/C53H99NO18/c1-3-5-7-9-11-13-15-17-18-19-20-22-24-26-28-30-37(58)36(54-41(59)31-29-27-25-23-21-16-14-12-10-8-6-4-2)35-67-51-47(65)44(62)49(39(33-56)69-51)72-53-48(66)45(63)50(40(34-57)70-53)71-52-46(64)43(61)42(60)38(32-55)68-52/h28,30,36-40,42-53,55-58,60-66H,3-27,29,31-35H2,1-2H3,(H,54,59)/b30-28+. The van der Waals surface area contributed by atoms with Gasteiger partial charge in [0.1, 0.15) is 73.2 Å². The highest BCUT2D eigenvalue weighted by atomic mass is 16.8. The SMILES string of the molecule is CCCCCCCCCCCCCCC/C=C/C(O)C(COC1OC(CO)C(OC2OC(CO)C(OC3OC(CO)C(O)C(O)C3O)C(O)C2O)C(O)C1O)NC(=O)CCCCCCCCCCCCCC. The fourth-order valence-electron chi connectivity index (χ4n) is 9.66. The Bertz CT molecular complexity index is 1380. The van der Waals surface area contributed by atoms with Crippen molar-refractivity contribution in [3.8, 4) is 0 Å². The van der Waals surface area contributed by atoms with Gasteiger partial charge >= 0.3 is 0 Å². The molecule has 1 amide bonds. The van der Waals surface area contributed by atoms with Gasteiger partial charge < -0.3 is 89.9 Å². The van der Waals surface area contributed by atoms with E-state index in [0.29, 0.717) is 6.42 Å². The number of ether oxygens (including phenoxy) is 6. The number of allylic oxidation sites excluding steroid dienone is 1. The number of hydrogen-bond acceptors (Lipinski definition) is 18. The summed E-state index contributed by atoms with van der Waals surface area (Å²) in [6.45, 7) is 1.70. The molecule has 3 heterocycles. The van der Waals surface area contributed by atoms with E-state index in [1.807, 2.05) is 6.08 Å². The maximum atomic E-state index is 13.2. The second kappa shape index (κ2) is 38.1. The molecule has 0 saturated carbocycles. The van der Waals surface area contributed by atoms with Gasteiger partial charge in [-0.15, -0.1) is 0 Å². The van der Waals surface area contributed by atoms with Crippen LogP contribution in [0.3, 0.4) is 0 Å². The zero-order valence-corrected chi connectivity index (χ0v) is 43.7. The third-order valence-corrected chi connectivity index (χ3v) is 14.3. The van der Waals surface area contributed by atoms with Crippen LogP contribution in [0.1, 0.15) is 187 Å². The van der Waals surface area contributed by atoms with Crippen molar-refractivity contribution >= 4 is 5.91 Å². The molecular weight excluding hydrogens is 939 g/mol. The van der Waals surface area contributed by atoms with Crippen molar-refractivity contribution < 1.29 is 89.4 Å². The van der Waals surface area contributed by atoms with E-state index in [2.05, 4.69) is 19.2 Å². The van der Waals surface area contributed by atoms with Gasteiger partial charge in [0, 0.05) is 6.42 Å². The number of nitrogens with one attached hydrogen (secondary N) is 1. The molecular formula is C53H99NO18. The average molecular weight is 1040 g/mol. The second-order valence-electron chi connectivity index (χ2n) is 20.4. The van der Waals surface area contributed by atoms with E-state index in [4.69, 9.17) is 28.4 Å². The summed E-state index contributed by atoms with van der Waals surface area (Å²) in [6.07, 6.45) is 7.73. The lowest BCUT2D eigenvalue weighted by molar-refractivity contribution is -0.379. The van der Waals surface area contributed by atoms with Crippen LogP contribution in [-0.4, -0.2) is 193 Å². The zero-order valence-electron chi connectivity index (χ0n) is 43.7. The summed E-state index contributed by atoms with van der Waals surface area (Å²) in [5.41, 5.74) is 0. The van der Waals surface area contributed by atoms with Gasteiger partial charge in [-0.3, -0.25) is 4.79 Å². The van der Waals surface area contributed by atoms with Crippen LogP contribution in [0.4, 0.5) is 0 Å². The molecule has 0 aliphatic carbocycles. The molecule has 72 heavy (non-hydrogen) atoms. The molecule has 0 aromatic heterocycles. The minimum absolute atomic E-state index is 0.248. The van der Waals surface area contributed by atoms with E-state index in [9.17, 15) is 61.0 Å². The van der Waals surface area contributed by atoms with Crippen molar-refractivity contribution in [2.45, 2.75) is 291 Å². The Hall–Kier alpha value is -1.47. The van der Waals surface area contributed by atoms with Crippen LogP contribution in [0, 0.1) is 0 Å². The summed E-state index contributed by atoms with van der Waals surface area (Å²) in [5, 5.41) is 120. The van der Waals surface area contributed by atoms with E-state index in [-0.39, 0.29) is 18.9 Å². The Balaban J connectivity index is 1.54. The van der Waals surface area contributed by atoms with Gasteiger partial charge in [-0.25, -0.2) is 0 Å². The van der Waals surface area contributed by atoms with E-state index < -0.39 is 124 Å². The van der Waals surface area contributed by atoms with Gasteiger partial charge in [0.05, 0.1) is 38.6 Å². The van der Waals surface area contributed by atoms with Crippen molar-refractivity contribution in [1.29, 1.82) is 0 Å². The first kappa shape index (κ1) is 64.8. The van der Waals surface area contributed by atoms with Crippen molar-refractivity contribution in [2.75, 3.05) is 26.4 Å². The number of aliphatic hydroxyl groups excluding tert-OH is 11. The predicted octanol–water partition coefficient (Wildman–Crippen LogP) is 3.43. The highest BCUT2D eigenvalue weighted by molar-refractivity contribution is 5.76. The zero-order chi connectivity index (χ0) is 52.7. The molecule has 0 aromatic carbocycles. The number of rotatable bonds is 40. The van der Waals surface area contributed by atoms with Crippen molar-refractivity contribution in [2.24, 2.45) is 0 Å². The van der Waals surface area contributed by atoms with E-state index in [0.717, 1.165) is 44.9 Å². The van der Waals surface area contributed by atoms with Gasteiger partial charge in [0.2, 0.25) is 5.91 Å². The minimum atomic E-state index is -1.97. The lowest BCUT2D eigenvalue weighted by atomic mass is 9.96. The topological polar surface area (TPSA) is 307 Å². The molecule has 0 spiro atoms. The quantitative estimate of drug-likeness (QED) is 0.0309. The summed E-state index contributed by atoms with van der Waals surface area (Å²) in [4.78, 5) is 13.2. The van der Waals surface area contributed by atoms with Crippen molar-refractivity contribution in [3.63, 3.8) is 0 Å². The summed E-state index contributed by atoms with van der Waals surface area (Å²) in [7, 11) is 0. The Morgan fingerprint density at radius 2 is 0.861 bits per heavy atom. The number of amides is 1. The van der Waals surface area contributed by atoms with E-state index in [1.54, 1.807) is 6.08 Å². The molecule has 0 bridgehead atoms. The number of aliphatic hydroxyl groups is 11. The molecule has 3 aliphatic rings. The average Bonchev–Trinajstić information content (AvgIpc) is 3.37. The Kier molecular flexibility index (Phi) is 34.3. The Labute approximate surface area is 429 Å². The fraction of sp³-hybridized carbons (Fsp3) is 0.943. The third-order valence-electron chi connectivity index (χ3n) is 14.3. The molecule has 424 valence electrons. The van der Waals surface area contributed by atoms with Gasteiger partial charge in [0.25, 0.3) is 0 Å². The molecule has 3 aliphatic heterocycles. The van der Waals surface area contributed by atoms with Crippen LogP contribution < -0.4 is 5.32 Å². The molecule has 19 heteroatoms. The van der Waals surface area contributed by atoms with Gasteiger partial charge in [0.15, 0.2) is 18.9 Å². The molecule has 0 aromatic rings. The van der Waals surface area contributed by atoms with Crippen LogP contribution >= 0.6 is 0 Å². The third kappa shape index (κ3) is 23.0. The van der Waals surface area contributed by atoms with Gasteiger partial charge in [-0.1, -0.05) is 174 Å². The van der Waals surface area contributed by atoms with Crippen LogP contribution in [-0.2, 0) is 33.2 Å². The van der Waals surface area contributed by atoms with Crippen molar-refractivity contribution in [1.82, 2.24) is 5.32 Å². The monoisotopic (exact) mass is 1040 g/mol. The van der Waals surface area contributed by atoms with Crippen molar-refractivity contribution in [3.05, 3.63) is 12.2 Å². The van der Waals surface area contributed by atoms with Crippen LogP contribution in [0.25, 0.3) is 0 Å². The summed E-state index contributed by atoms with van der Waals surface area (Å²) < 4.78 is 34.2. The molecule has 0 radical (unpaired) electrons. The first-order chi connectivity index (χ1) is 34.8. The number of unbranched alkanes of at least 4 members (excludes halogenated alkanes) is 24. The maximum absolute atomic E-state index is 13.2. The molecule has 3 saturated heterocycles. The van der Waals surface area contributed by atoms with Crippen LogP contribution in [0.2, 0.25) is 0 Å². The van der Waals surface area contributed by atoms with Crippen LogP contribution in [0.5, 0.6) is 0 Å². The Morgan fingerprint density at radius 1 is 0.486 bits per heavy atom. The second-order valence-corrected chi connectivity index (χ2v) is 20.4.